The third-order valence-corrected chi connectivity index (χ3v) is 4.81. The molecule has 3 rings (SSSR count). The first-order valence-electron chi connectivity index (χ1n) is 8.47. The quantitative estimate of drug-likeness (QED) is 0.779. The van der Waals surface area contributed by atoms with Gasteiger partial charge < -0.3 is 9.26 Å². The standard InChI is InChI=1S/C16H26N4O3/c1-10(2)14-17-15(23-18-14)12(4)19-5-7-20(8-6-19)13-9-11(3)22-16(13)21/h10-13H,5-9H2,1-4H3/t11-,12-,13-/m1/s1. The van der Waals surface area contributed by atoms with Gasteiger partial charge in [0.15, 0.2) is 5.82 Å². The van der Waals surface area contributed by atoms with E-state index < -0.39 is 0 Å². The Morgan fingerprint density at radius 3 is 2.39 bits per heavy atom. The van der Waals surface area contributed by atoms with E-state index in [9.17, 15) is 4.79 Å². The zero-order valence-corrected chi connectivity index (χ0v) is 14.4. The molecule has 3 atom stereocenters. The monoisotopic (exact) mass is 322 g/mol. The van der Waals surface area contributed by atoms with E-state index in [1.807, 2.05) is 6.92 Å². The summed E-state index contributed by atoms with van der Waals surface area (Å²) in [6.45, 7) is 11.7. The van der Waals surface area contributed by atoms with Gasteiger partial charge in [-0.1, -0.05) is 19.0 Å². The van der Waals surface area contributed by atoms with Gasteiger partial charge in [-0.3, -0.25) is 14.6 Å². The first-order chi connectivity index (χ1) is 11.0. The maximum atomic E-state index is 11.9. The SMILES string of the molecule is CC(C)c1noc([C@@H](C)N2CCN([C@@H]3C[C@@H](C)OC3=O)CC2)n1. The van der Waals surface area contributed by atoms with Gasteiger partial charge in [-0.2, -0.15) is 4.98 Å². The Morgan fingerprint density at radius 2 is 1.87 bits per heavy atom. The molecule has 0 unspecified atom stereocenters. The van der Waals surface area contributed by atoms with Gasteiger partial charge >= 0.3 is 5.97 Å². The number of ether oxygens (including phenoxy) is 1. The van der Waals surface area contributed by atoms with Crippen LogP contribution in [0, 0.1) is 0 Å². The van der Waals surface area contributed by atoms with E-state index in [1.54, 1.807) is 0 Å². The van der Waals surface area contributed by atoms with E-state index in [1.165, 1.54) is 0 Å². The van der Waals surface area contributed by atoms with Gasteiger partial charge in [-0.05, 0) is 13.8 Å². The number of hydrogen-bond acceptors (Lipinski definition) is 7. The van der Waals surface area contributed by atoms with Gasteiger partial charge in [0, 0.05) is 38.5 Å². The van der Waals surface area contributed by atoms with E-state index in [-0.39, 0.29) is 30.1 Å². The highest BCUT2D eigenvalue weighted by Gasteiger charge is 2.38. The number of hydrogen-bond donors (Lipinski definition) is 0. The highest BCUT2D eigenvalue weighted by molar-refractivity contribution is 5.78. The van der Waals surface area contributed by atoms with Crippen LogP contribution in [0.4, 0.5) is 0 Å². The summed E-state index contributed by atoms with van der Waals surface area (Å²) in [7, 11) is 0. The van der Waals surface area contributed by atoms with Crippen molar-refractivity contribution < 1.29 is 14.1 Å². The molecule has 0 N–H and O–H groups in total. The Hall–Kier alpha value is -1.47. The van der Waals surface area contributed by atoms with Crippen molar-refractivity contribution in [3.8, 4) is 0 Å². The second-order valence-corrected chi connectivity index (χ2v) is 6.89. The van der Waals surface area contributed by atoms with Crippen molar-refractivity contribution in [1.29, 1.82) is 0 Å². The van der Waals surface area contributed by atoms with E-state index in [0.717, 1.165) is 38.4 Å². The van der Waals surface area contributed by atoms with Crippen molar-refractivity contribution in [3.63, 3.8) is 0 Å². The second-order valence-electron chi connectivity index (χ2n) is 6.89. The molecule has 3 heterocycles. The normalized spacial score (nSPS) is 28.3. The van der Waals surface area contributed by atoms with Crippen LogP contribution in [0.15, 0.2) is 4.52 Å². The fraction of sp³-hybridized carbons (Fsp3) is 0.812. The Bertz CT molecular complexity index is 551. The van der Waals surface area contributed by atoms with Crippen LogP contribution in [0.2, 0.25) is 0 Å². The highest BCUT2D eigenvalue weighted by atomic mass is 16.6. The summed E-state index contributed by atoms with van der Waals surface area (Å²) in [5, 5.41) is 4.04. The van der Waals surface area contributed by atoms with Crippen LogP contribution in [-0.4, -0.2) is 64.2 Å². The molecule has 23 heavy (non-hydrogen) atoms. The largest absolute Gasteiger partial charge is 0.461 e. The Labute approximate surface area is 137 Å². The van der Waals surface area contributed by atoms with Crippen LogP contribution in [0.1, 0.15) is 57.8 Å². The van der Waals surface area contributed by atoms with Crippen molar-refractivity contribution in [3.05, 3.63) is 11.7 Å². The molecule has 7 nitrogen and oxygen atoms in total. The van der Waals surface area contributed by atoms with Crippen LogP contribution in [0.25, 0.3) is 0 Å². The summed E-state index contributed by atoms with van der Waals surface area (Å²) in [5.41, 5.74) is 0. The zero-order chi connectivity index (χ0) is 16.6. The lowest BCUT2D eigenvalue weighted by atomic mass is 10.1. The topological polar surface area (TPSA) is 71.7 Å². The number of aromatic nitrogens is 2. The summed E-state index contributed by atoms with van der Waals surface area (Å²) in [6.07, 6.45) is 0.841. The zero-order valence-electron chi connectivity index (χ0n) is 14.4. The van der Waals surface area contributed by atoms with Gasteiger partial charge in [-0.25, -0.2) is 0 Å². The molecule has 2 aliphatic heterocycles. The third kappa shape index (κ3) is 3.40. The molecule has 0 saturated carbocycles. The molecule has 0 aromatic carbocycles. The van der Waals surface area contributed by atoms with Crippen LogP contribution >= 0.6 is 0 Å². The minimum Gasteiger partial charge on any atom is -0.461 e. The van der Waals surface area contributed by atoms with Crippen molar-refractivity contribution in [2.45, 2.75) is 58.2 Å². The molecule has 2 aliphatic rings. The smallest absolute Gasteiger partial charge is 0.323 e. The lowest BCUT2D eigenvalue weighted by Gasteiger charge is -2.38. The molecule has 0 spiro atoms. The predicted octanol–water partition coefficient (Wildman–Crippen LogP) is 1.58. The Balaban J connectivity index is 1.56. The number of cyclic esters (lactones) is 1. The number of piperazine rings is 1. The lowest BCUT2D eigenvalue weighted by molar-refractivity contribution is -0.145. The maximum Gasteiger partial charge on any atom is 0.323 e. The molecule has 128 valence electrons. The fourth-order valence-electron chi connectivity index (χ4n) is 3.28. The molecule has 1 aromatic rings. The van der Waals surface area contributed by atoms with Crippen LogP contribution < -0.4 is 0 Å². The van der Waals surface area contributed by atoms with E-state index in [0.29, 0.717) is 5.89 Å². The number of esters is 1. The summed E-state index contributed by atoms with van der Waals surface area (Å²) in [4.78, 5) is 20.9. The van der Waals surface area contributed by atoms with E-state index in [2.05, 4.69) is 40.7 Å². The van der Waals surface area contributed by atoms with Gasteiger partial charge in [0.05, 0.1) is 6.04 Å². The average molecular weight is 322 g/mol. The van der Waals surface area contributed by atoms with Crippen molar-refractivity contribution in [2.24, 2.45) is 0 Å². The first kappa shape index (κ1) is 16.4. The Kier molecular flexibility index (Phi) is 4.68. The molecular weight excluding hydrogens is 296 g/mol. The number of nitrogens with zero attached hydrogens (tertiary/aromatic N) is 4. The van der Waals surface area contributed by atoms with Gasteiger partial charge in [-0.15, -0.1) is 0 Å². The fourth-order valence-corrected chi connectivity index (χ4v) is 3.28. The molecule has 0 radical (unpaired) electrons. The number of carbonyl (C=O) groups is 1. The summed E-state index contributed by atoms with van der Waals surface area (Å²) >= 11 is 0. The molecule has 0 amide bonds. The number of carbonyl (C=O) groups excluding carboxylic acids is 1. The molecule has 0 aliphatic carbocycles. The highest BCUT2D eigenvalue weighted by Crippen LogP contribution is 2.25. The molecule has 2 saturated heterocycles. The lowest BCUT2D eigenvalue weighted by Crippen LogP contribution is -2.52. The summed E-state index contributed by atoms with van der Waals surface area (Å²) in [5.74, 6) is 1.63. The molecular formula is C16H26N4O3. The molecule has 0 bridgehead atoms. The van der Waals surface area contributed by atoms with Gasteiger partial charge in [0.25, 0.3) is 0 Å². The Morgan fingerprint density at radius 1 is 1.17 bits per heavy atom. The van der Waals surface area contributed by atoms with E-state index in [4.69, 9.17) is 9.26 Å². The minimum atomic E-state index is -0.0718. The molecule has 1 aromatic heterocycles. The second kappa shape index (κ2) is 6.57. The minimum absolute atomic E-state index is 0.0392. The number of rotatable bonds is 4. The van der Waals surface area contributed by atoms with Gasteiger partial charge in [0.2, 0.25) is 5.89 Å². The van der Waals surface area contributed by atoms with E-state index >= 15 is 0 Å². The predicted molar refractivity (Wildman–Crippen MR) is 83.9 cm³/mol. The van der Waals surface area contributed by atoms with Crippen LogP contribution in [0.5, 0.6) is 0 Å². The van der Waals surface area contributed by atoms with Crippen molar-refractivity contribution in [2.75, 3.05) is 26.2 Å². The third-order valence-electron chi connectivity index (χ3n) is 4.81. The maximum absolute atomic E-state index is 11.9. The molecule has 2 fully saturated rings. The van der Waals surface area contributed by atoms with Crippen molar-refractivity contribution in [1.82, 2.24) is 19.9 Å². The average Bonchev–Trinajstić information content (AvgIpc) is 3.13. The first-order valence-corrected chi connectivity index (χ1v) is 8.47. The summed E-state index contributed by atoms with van der Waals surface area (Å²) < 4.78 is 10.7. The van der Waals surface area contributed by atoms with Gasteiger partial charge in [0.1, 0.15) is 12.1 Å². The van der Waals surface area contributed by atoms with Crippen LogP contribution in [-0.2, 0) is 9.53 Å². The van der Waals surface area contributed by atoms with Crippen LogP contribution in [0.3, 0.4) is 0 Å². The molecule has 7 heteroatoms. The summed E-state index contributed by atoms with van der Waals surface area (Å²) in [6, 6.07) is 0.0324. The van der Waals surface area contributed by atoms with Crippen molar-refractivity contribution >= 4 is 5.97 Å².